The molecule has 0 aliphatic rings. The van der Waals surface area contributed by atoms with E-state index in [0.717, 1.165) is 77.3 Å². The monoisotopic (exact) mass is 702 g/mol. The maximum Gasteiger partial charge on any atom is 0.164 e. The number of hydrogen-bond acceptors (Lipinski definition) is 5. The van der Waals surface area contributed by atoms with Crippen LogP contribution in [0.3, 0.4) is 0 Å². The molecule has 0 bridgehead atoms. The van der Waals surface area contributed by atoms with Crippen molar-refractivity contribution in [1.29, 1.82) is 0 Å². The summed E-state index contributed by atoms with van der Waals surface area (Å²) in [5.74, 6) is 1.90. The Morgan fingerprint density at radius 1 is 0.345 bits per heavy atom. The van der Waals surface area contributed by atoms with Gasteiger partial charge in [-0.1, -0.05) is 158 Å². The van der Waals surface area contributed by atoms with Crippen LogP contribution in [0.5, 0.6) is 0 Å². The van der Waals surface area contributed by atoms with Crippen molar-refractivity contribution in [2.24, 2.45) is 0 Å². The van der Waals surface area contributed by atoms with Crippen LogP contribution in [0, 0.1) is 0 Å². The molecule has 0 spiro atoms. The predicted octanol–water partition coefficient (Wildman–Crippen LogP) is 13.0. The molecular formula is C50H30N4O. The zero-order valence-electron chi connectivity index (χ0n) is 29.5. The molecule has 3 heterocycles. The first kappa shape index (κ1) is 31.1. The molecule has 0 saturated heterocycles. The molecule has 0 atom stereocenters. The third-order valence-electron chi connectivity index (χ3n) is 10.5. The average Bonchev–Trinajstić information content (AvgIpc) is 3.66. The predicted molar refractivity (Wildman–Crippen MR) is 225 cm³/mol. The minimum Gasteiger partial charge on any atom is -0.455 e. The van der Waals surface area contributed by atoms with Gasteiger partial charge >= 0.3 is 0 Å². The van der Waals surface area contributed by atoms with Crippen LogP contribution in [0.25, 0.3) is 111 Å². The molecule has 3 aromatic heterocycles. The van der Waals surface area contributed by atoms with Crippen molar-refractivity contribution in [3.63, 3.8) is 0 Å². The summed E-state index contributed by atoms with van der Waals surface area (Å²) in [5, 5.41) is 7.84. The van der Waals surface area contributed by atoms with Gasteiger partial charge in [0, 0.05) is 33.0 Å². The molecule has 0 amide bonds. The summed E-state index contributed by atoms with van der Waals surface area (Å²) >= 11 is 0. The fraction of sp³-hybridized carbons (Fsp3) is 0. The number of furan rings is 1. The van der Waals surface area contributed by atoms with E-state index in [1.54, 1.807) is 0 Å². The normalized spacial score (nSPS) is 11.6. The van der Waals surface area contributed by atoms with E-state index in [0.29, 0.717) is 17.5 Å². The number of pyridine rings is 1. The molecule has 5 heteroatoms. The minimum atomic E-state index is 0.624. The van der Waals surface area contributed by atoms with Crippen LogP contribution in [-0.2, 0) is 0 Å². The van der Waals surface area contributed by atoms with Crippen molar-refractivity contribution < 1.29 is 4.42 Å². The van der Waals surface area contributed by atoms with Crippen LogP contribution < -0.4 is 0 Å². The standard InChI is InChI=1S/C50H30N4O/c1-3-13-32(14-4-1)48-52-49(33-15-5-2-6-16-33)54-50(53-48)34-25-23-31(24-26-34)35-27-28-40-43(30-35)51-46(45-41-21-11-12-22-44(41)55-47(40)45)42-29-36-17-7-8-18-37(36)38-19-9-10-20-39(38)42/h1-30H. The van der Waals surface area contributed by atoms with Gasteiger partial charge < -0.3 is 4.42 Å². The molecule has 0 aliphatic heterocycles. The summed E-state index contributed by atoms with van der Waals surface area (Å²) in [5.41, 5.74) is 9.49. The first-order valence-corrected chi connectivity index (χ1v) is 18.4. The van der Waals surface area contributed by atoms with Crippen LogP contribution in [0.15, 0.2) is 186 Å². The van der Waals surface area contributed by atoms with Crippen molar-refractivity contribution in [3.8, 4) is 56.5 Å². The summed E-state index contributed by atoms with van der Waals surface area (Å²) in [7, 11) is 0. The number of fused-ring (bicyclic) bond motifs is 8. The second-order valence-corrected chi connectivity index (χ2v) is 13.8. The first-order valence-electron chi connectivity index (χ1n) is 18.4. The summed E-state index contributed by atoms with van der Waals surface area (Å²) in [4.78, 5) is 20.2. The number of rotatable bonds is 5. The first-order chi connectivity index (χ1) is 27.2. The number of para-hydroxylation sites is 1. The third kappa shape index (κ3) is 5.24. The van der Waals surface area contributed by atoms with Gasteiger partial charge in [0.15, 0.2) is 17.5 Å². The highest BCUT2D eigenvalue weighted by Gasteiger charge is 2.21. The van der Waals surface area contributed by atoms with Gasteiger partial charge in [-0.25, -0.2) is 19.9 Å². The molecule has 0 saturated carbocycles. The Hall–Kier alpha value is -7.50. The van der Waals surface area contributed by atoms with Crippen molar-refractivity contribution in [3.05, 3.63) is 182 Å². The molecule has 0 radical (unpaired) electrons. The minimum absolute atomic E-state index is 0.624. The molecular weight excluding hydrogens is 673 g/mol. The highest BCUT2D eigenvalue weighted by atomic mass is 16.3. The smallest absolute Gasteiger partial charge is 0.164 e. The van der Waals surface area contributed by atoms with E-state index >= 15 is 0 Å². The van der Waals surface area contributed by atoms with Gasteiger partial charge in [-0.05, 0) is 56.9 Å². The topological polar surface area (TPSA) is 64.7 Å². The molecule has 0 N–H and O–H groups in total. The quantitative estimate of drug-likeness (QED) is 0.167. The van der Waals surface area contributed by atoms with Gasteiger partial charge in [-0.3, -0.25) is 0 Å². The molecule has 55 heavy (non-hydrogen) atoms. The lowest BCUT2D eigenvalue weighted by molar-refractivity contribution is 0.672. The molecule has 256 valence electrons. The van der Waals surface area contributed by atoms with Crippen molar-refractivity contribution in [2.45, 2.75) is 0 Å². The van der Waals surface area contributed by atoms with Crippen LogP contribution in [-0.4, -0.2) is 19.9 Å². The highest BCUT2D eigenvalue weighted by molar-refractivity contribution is 6.23. The summed E-state index contributed by atoms with van der Waals surface area (Å²) in [6.45, 7) is 0. The Morgan fingerprint density at radius 2 is 0.873 bits per heavy atom. The Kier molecular flexibility index (Phi) is 7.10. The van der Waals surface area contributed by atoms with Crippen LogP contribution in [0.2, 0.25) is 0 Å². The molecule has 11 rings (SSSR count). The summed E-state index contributed by atoms with van der Waals surface area (Å²) < 4.78 is 6.66. The lowest BCUT2D eigenvalue weighted by Crippen LogP contribution is -2.00. The lowest BCUT2D eigenvalue weighted by Gasteiger charge is -2.13. The largest absolute Gasteiger partial charge is 0.455 e. The van der Waals surface area contributed by atoms with Gasteiger partial charge in [0.1, 0.15) is 11.2 Å². The van der Waals surface area contributed by atoms with Gasteiger partial charge in [0.2, 0.25) is 0 Å². The lowest BCUT2D eigenvalue weighted by atomic mass is 9.93. The average molecular weight is 703 g/mol. The fourth-order valence-electron chi connectivity index (χ4n) is 7.84. The van der Waals surface area contributed by atoms with Gasteiger partial charge in [-0.15, -0.1) is 0 Å². The molecule has 0 unspecified atom stereocenters. The highest BCUT2D eigenvalue weighted by Crippen LogP contribution is 2.43. The molecule has 11 aromatic rings. The van der Waals surface area contributed by atoms with E-state index in [1.165, 1.54) is 16.2 Å². The number of hydrogen-bond donors (Lipinski definition) is 0. The molecule has 0 aliphatic carbocycles. The molecule has 8 aromatic carbocycles. The Morgan fingerprint density at radius 3 is 1.56 bits per heavy atom. The van der Waals surface area contributed by atoms with Crippen molar-refractivity contribution in [2.75, 3.05) is 0 Å². The molecule has 0 fully saturated rings. The van der Waals surface area contributed by atoms with Crippen molar-refractivity contribution >= 4 is 54.4 Å². The Balaban J connectivity index is 1.06. The summed E-state index contributed by atoms with van der Waals surface area (Å²) in [6.07, 6.45) is 0. The van der Waals surface area contributed by atoms with Crippen LogP contribution in [0.1, 0.15) is 0 Å². The van der Waals surface area contributed by atoms with Gasteiger partial charge in [0.25, 0.3) is 0 Å². The van der Waals surface area contributed by atoms with E-state index in [1.807, 2.05) is 72.8 Å². The number of nitrogens with zero attached hydrogens (tertiary/aromatic N) is 4. The second kappa shape index (κ2) is 12.6. The van der Waals surface area contributed by atoms with E-state index in [9.17, 15) is 0 Å². The summed E-state index contributed by atoms with van der Waals surface area (Å²) in [6, 6.07) is 62.7. The van der Waals surface area contributed by atoms with Crippen LogP contribution >= 0.6 is 0 Å². The maximum absolute atomic E-state index is 6.66. The van der Waals surface area contributed by atoms with E-state index in [-0.39, 0.29) is 0 Å². The van der Waals surface area contributed by atoms with Crippen LogP contribution in [0.4, 0.5) is 0 Å². The number of benzene rings is 8. The van der Waals surface area contributed by atoms with E-state index in [4.69, 9.17) is 24.4 Å². The van der Waals surface area contributed by atoms with E-state index in [2.05, 4.69) is 109 Å². The third-order valence-corrected chi connectivity index (χ3v) is 10.5. The fourth-order valence-corrected chi connectivity index (χ4v) is 7.84. The zero-order valence-corrected chi connectivity index (χ0v) is 29.5. The second-order valence-electron chi connectivity index (χ2n) is 13.8. The Labute approximate surface area is 316 Å². The SMILES string of the molecule is c1ccc(-c2nc(-c3ccccc3)nc(-c3ccc(-c4ccc5c(c4)nc(-c4cc6ccccc6c6ccccc46)c4c6ccccc6oc54)cc3)n2)cc1. The van der Waals surface area contributed by atoms with Crippen molar-refractivity contribution in [1.82, 2.24) is 19.9 Å². The Bertz CT molecular complexity index is 3190. The maximum atomic E-state index is 6.66. The van der Waals surface area contributed by atoms with Gasteiger partial charge in [0.05, 0.1) is 16.6 Å². The van der Waals surface area contributed by atoms with E-state index < -0.39 is 0 Å². The number of aromatic nitrogens is 4. The van der Waals surface area contributed by atoms with Gasteiger partial charge in [-0.2, -0.15) is 0 Å². The zero-order chi connectivity index (χ0) is 36.3. The molecule has 5 nitrogen and oxygen atoms in total.